The van der Waals surface area contributed by atoms with Gasteiger partial charge in [-0.2, -0.15) is 0 Å². The third kappa shape index (κ3) is 8.38. The minimum absolute atomic E-state index is 0.114. The molecule has 0 aliphatic rings. The fourth-order valence-corrected chi connectivity index (χ4v) is 4.44. The summed E-state index contributed by atoms with van der Waals surface area (Å²) in [5, 5.41) is 0. The SMILES string of the molecule is CCCCCCCCC(CCCCCc1cc(F)c(F)c(F)c1F)C(CC)(OC)OC. The van der Waals surface area contributed by atoms with Gasteiger partial charge in [-0.25, -0.2) is 17.6 Å². The number of aryl methyl sites for hydroxylation is 1. The number of ether oxygens (including phenoxy) is 2. The van der Waals surface area contributed by atoms with E-state index in [0.29, 0.717) is 6.42 Å². The van der Waals surface area contributed by atoms with E-state index in [4.69, 9.17) is 9.47 Å². The van der Waals surface area contributed by atoms with Crippen molar-refractivity contribution in [3.05, 3.63) is 34.9 Å². The van der Waals surface area contributed by atoms with Crippen LogP contribution in [0.15, 0.2) is 6.07 Å². The van der Waals surface area contributed by atoms with Crippen molar-refractivity contribution in [3.63, 3.8) is 0 Å². The lowest BCUT2D eigenvalue weighted by Gasteiger charge is -2.38. The highest BCUT2D eigenvalue weighted by Gasteiger charge is 2.36. The van der Waals surface area contributed by atoms with Crippen molar-refractivity contribution >= 4 is 0 Å². The Kier molecular flexibility index (Phi) is 13.3. The van der Waals surface area contributed by atoms with E-state index in [0.717, 1.165) is 44.6 Å². The number of halogens is 4. The maximum absolute atomic E-state index is 13.8. The molecule has 180 valence electrons. The first-order chi connectivity index (χ1) is 14.9. The van der Waals surface area contributed by atoms with Crippen molar-refractivity contribution in [1.82, 2.24) is 0 Å². The van der Waals surface area contributed by atoms with Gasteiger partial charge in [-0.05, 0) is 43.7 Å². The van der Waals surface area contributed by atoms with E-state index in [1.165, 1.54) is 32.1 Å². The zero-order valence-electron chi connectivity index (χ0n) is 19.7. The monoisotopic (exact) mass is 448 g/mol. The molecule has 0 fully saturated rings. The smallest absolute Gasteiger partial charge is 0.197 e. The van der Waals surface area contributed by atoms with Crippen molar-refractivity contribution in [2.75, 3.05) is 14.2 Å². The van der Waals surface area contributed by atoms with Crippen LogP contribution in [-0.2, 0) is 15.9 Å². The zero-order chi connectivity index (χ0) is 23.3. The summed E-state index contributed by atoms with van der Waals surface area (Å²) in [5.74, 6) is -6.49. The molecule has 0 aliphatic heterocycles. The Hall–Kier alpha value is -1.14. The van der Waals surface area contributed by atoms with Crippen LogP contribution in [0.25, 0.3) is 0 Å². The summed E-state index contributed by atoms with van der Waals surface area (Å²) in [6.45, 7) is 4.27. The fraction of sp³-hybridized carbons (Fsp3) is 0.760. The number of hydrogen-bond acceptors (Lipinski definition) is 2. The van der Waals surface area contributed by atoms with Crippen LogP contribution in [0.4, 0.5) is 17.6 Å². The Labute approximate surface area is 185 Å². The van der Waals surface area contributed by atoms with Crippen molar-refractivity contribution in [3.8, 4) is 0 Å². The predicted octanol–water partition coefficient (Wildman–Crippen LogP) is 8.11. The van der Waals surface area contributed by atoms with Gasteiger partial charge in [0.15, 0.2) is 29.1 Å². The maximum atomic E-state index is 13.8. The average Bonchev–Trinajstić information content (AvgIpc) is 2.78. The first-order valence-electron chi connectivity index (χ1n) is 11.8. The predicted molar refractivity (Wildman–Crippen MR) is 117 cm³/mol. The van der Waals surface area contributed by atoms with Gasteiger partial charge in [0.05, 0.1) is 0 Å². The first-order valence-corrected chi connectivity index (χ1v) is 11.8. The number of unbranched alkanes of at least 4 members (excludes halogenated alkanes) is 7. The van der Waals surface area contributed by atoms with E-state index < -0.39 is 29.1 Å². The molecule has 31 heavy (non-hydrogen) atoms. The van der Waals surface area contributed by atoms with E-state index in [2.05, 4.69) is 13.8 Å². The van der Waals surface area contributed by atoms with Gasteiger partial charge >= 0.3 is 0 Å². The highest BCUT2D eigenvalue weighted by Crippen LogP contribution is 2.35. The van der Waals surface area contributed by atoms with Crippen LogP contribution in [-0.4, -0.2) is 20.0 Å². The summed E-state index contributed by atoms with van der Waals surface area (Å²) < 4.78 is 65.2. The second kappa shape index (κ2) is 14.8. The van der Waals surface area contributed by atoms with Gasteiger partial charge < -0.3 is 9.47 Å². The maximum Gasteiger partial charge on any atom is 0.197 e. The number of methoxy groups -OCH3 is 2. The molecule has 0 aliphatic carbocycles. The van der Waals surface area contributed by atoms with Crippen LogP contribution in [0.2, 0.25) is 0 Å². The highest BCUT2D eigenvalue weighted by molar-refractivity contribution is 5.21. The van der Waals surface area contributed by atoms with E-state index in [9.17, 15) is 17.6 Å². The molecule has 0 aromatic heterocycles. The molecule has 1 aromatic rings. The number of hydrogen-bond donors (Lipinski definition) is 0. The molecule has 0 bridgehead atoms. The largest absolute Gasteiger partial charge is 0.353 e. The molecule has 0 spiro atoms. The van der Waals surface area contributed by atoms with Crippen LogP contribution in [0.1, 0.15) is 96.5 Å². The molecule has 0 radical (unpaired) electrons. The summed E-state index contributed by atoms with van der Waals surface area (Å²) in [6.07, 6.45) is 12.4. The lowest BCUT2D eigenvalue weighted by Crippen LogP contribution is -2.41. The topological polar surface area (TPSA) is 18.5 Å². The molecule has 6 heteroatoms. The molecule has 1 unspecified atom stereocenters. The second-order valence-electron chi connectivity index (χ2n) is 8.39. The molecule has 0 heterocycles. The Morgan fingerprint density at radius 1 is 0.742 bits per heavy atom. The van der Waals surface area contributed by atoms with Gasteiger partial charge in [0, 0.05) is 20.1 Å². The highest BCUT2D eigenvalue weighted by atomic mass is 19.2. The van der Waals surface area contributed by atoms with Crippen molar-refractivity contribution in [2.24, 2.45) is 5.92 Å². The van der Waals surface area contributed by atoms with Crippen LogP contribution in [0.5, 0.6) is 0 Å². The Bertz CT molecular complexity index is 624. The van der Waals surface area contributed by atoms with Gasteiger partial charge in [0.2, 0.25) is 0 Å². The summed E-state index contributed by atoms with van der Waals surface area (Å²) in [5.41, 5.74) is -0.114. The minimum atomic E-state index is -1.76. The third-order valence-electron chi connectivity index (χ3n) is 6.39. The normalized spacial score (nSPS) is 13.0. The summed E-state index contributed by atoms with van der Waals surface area (Å²) in [4.78, 5) is 0. The van der Waals surface area contributed by atoms with Crippen LogP contribution < -0.4 is 0 Å². The third-order valence-corrected chi connectivity index (χ3v) is 6.39. The van der Waals surface area contributed by atoms with Crippen LogP contribution in [0, 0.1) is 29.2 Å². The van der Waals surface area contributed by atoms with E-state index in [1.54, 1.807) is 14.2 Å². The molecular formula is C25H40F4O2. The van der Waals surface area contributed by atoms with Crippen molar-refractivity contribution in [1.29, 1.82) is 0 Å². The Morgan fingerprint density at radius 3 is 1.84 bits per heavy atom. The average molecular weight is 449 g/mol. The Balaban J connectivity index is 2.56. The van der Waals surface area contributed by atoms with E-state index in [1.807, 2.05) is 0 Å². The van der Waals surface area contributed by atoms with Gasteiger partial charge in [0.1, 0.15) is 0 Å². The van der Waals surface area contributed by atoms with Crippen molar-refractivity contribution in [2.45, 2.75) is 103 Å². The molecule has 0 saturated carbocycles. The van der Waals surface area contributed by atoms with Gasteiger partial charge in [0.25, 0.3) is 0 Å². The summed E-state index contributed by atoms with van der Waals surface area (Å²) >= 11 is 0. The second-order valence-corrected chi connectivity index (χ2v) is 8.39. The van der Waals surface area contributed by atoms with Gasteiger partial charge in [-0.15, -0.1) is 0 Å². The molecule has 0 saturated heterocycles. The van der Waals surface area contributed by atoms with E-state index in [-0.39, 0.29) is 17.9 Å². The number of benzene rings is 1. The summed E-state index contributed by atoms with van der Waals surface area (Å²) in [7, 11) is 3.36. The molecular weight excluding hydrogens is 408 g/mol. The van der Waals surface area contributed by atoms with Gasteiger partial charge in [-0.1, -0.05) is 65.2 Å². The molecule has 2 nitrogen and oxygen atoms in total. The van der Waals surface area contributed by atoms with Crippen LogP contribution >= 0.6 is 0 Å². The Morgan fingerprint density at radius 2 is 1.29 bits per heavy atom. The fourth-order valence-electron chi connectivity index (χ4n) is 4.44. The first kappa shape index (κ1) is 27.9. The minimum Gasteiger partial charge on any atom is -0.353 e. The zero-order valence-corrected chi connectivity index (χ0v) is 19.7. The van der Waals surface area contributed by atoms with E-state index >= 15 is 0 Å². The summed E-state index contributed by atoms with van der Waals surface area (Å²) in [6, 6.07) is 0.757. The molecule has 0 N–H and O–H groups in total. The molecule has 1 aromatic carbocycles. The molecule has 1 atom stereocenters. The standard InChI is InChI=1S/C25H40F4O2/c1-5-7-8-9-10-13-16-20(25(6-2,30-3)31-4)17-14-11-12-15-19-18-21(26)23(28)24(29)22(19)27/h18,20H,5-17H2,1-4H3. The lowest BCUT2D eigenvalue weighted by molar-refractivity contribution is -0.244. The van der Waals surface area contributed by atoms with Crippen molar-refractivity contribution < 1.29 is 27.0 Å². The molecule has 1 rings (SSSR count). The molecule has 0 amide bonds. The van der Waals surface area contributed by atoms with Crippen LogP contribution in [0.3, 0.4) is 0 Å². The quantitative estimate of drug-likeness (QED) is 0.0788. The lowest BCUT2D eigenvalue weighted by atomic mass is 9.85. The van der Waals surface area contributed by atoms with Gasteiger partial charge in [-0.3, -0.25) is 0 Å². The number of rotatable bonds is 17.